The third kappa shape index (κ3) is 2.76. The van der Waals surface area contributed by atoms with Crippen molar-refractivity contribution in [2.45, 2.75) is 43.9 Å². The number of benzene rings is 1. The normalized spacial score (nSPS) is 25.7. The molecule has 0 unspecified atom stereocenters. The predicted molar refractivity (Wildman–Crippen MR) is 76.4 cm³/mol. The minimum absolute atomic E-state index is 0.0480. The third-order valence-electron chi connectivity index (χ3n) is 4.40. The molecule has 1 aromatic heterocycles. The van der Waals surface area contributed by atoms with Crippen LogP contribution in [0.1, 0.15) is 48.5 Å². The zero-order chi connectivity index (χ0) is 15.1. The molecule has 1 N–H and O–H groups in total. The van der Waals surface area contributed by atoms with E-state index in [-0.39, 0.29) is 18.0 Å². The topological polar surface area (TPSA) is 62.4 Å². The van der Waals surface area contributed by atoms with Gasteiger partial charge in [-0.1, -0.05) is 17.3 Å². The Kier molecular flexibility index (Phi) is 3.43. The standard InChI is InChI=1S/C16H18FN3O2/c17-12-5-3-10(4-6-12)14-7-13(21)8-20(14)9-15-18-16(19-22-15)11-1-2-11/h3-6,11,13-14,21H,1-2,7-9H2/t13-,14-/m1/s1. The van der Waals surface area contributed by atoms with Gasteiger partial charge in [-0.25, -0.2) is 4.39 Å². The lowest BCUT2D eigenvalue weighted by atomic mass is 10.0. The molecule has 22 heavy (non-hydrogen) atoms. The largest absolute Gasteiger partial charge is 0.392 e. The van der Waals surface area contributed by atoms with Crippen LogP contribution >= 0.6 is 0 Å². The molecule has 0 radical (unpaired) electrons. The maximum Gasteiger partial charge on any atom is 0.240 e. The smallest absolute Gasteiger partial charge is 0.240 e. The summed E-state index contributed by atoms with van der Waals surface area (Å²) in [6.07, 6.45) is 2.52. The summed E-state index contributed by atoms with van der Waals surface area (Å²) in [5.74, 6) is 1.60. The van der Waals surface area contributed by atoms with Crippen LogP contribution in [0.5, 0.6) is 0 Å². The van der Waals surface area contributed by atoms with Gasteiger partial charge in [0, 0.05) is 18.5 Å². The van der Waals surface area contributed by atoms with Crippen molar-refractivity contribution in [1.82, 2.24) is 15.0 Å². The van der Waals surface area contributed by atoms with E-state index in [9.17, 15) is 9.50 Å². The number of aliphatic hydroxyl groups excluding tert-OH is 1. The van der Waals surface area contributed by atoms with Crippen LogP contribution in [0.2, 0.25) is 0 Å². The van der Waals surface area contributed by atoms with Crippen molar-refractivity contribution in [2.75, 3.05) is 6.54 Å². The molecule has 2 heterocycles. The molecule has 5 nitrogen and oxygen atoms in total. The van der Waals surface area contributed by atoms with Crippen molar-refractivity contribution in [3.63, 3.8) is 0 Å². The molecule has 2 aromatic rings. The molecular formula is C16H18FN3O2. The molecule has 1 saturated heterocycles. The third-order valence-corrected chi connectivity index (χ3v) is 4.40. The maximum absolute atomic E-state index is 13.1. The Bertz CT molecular complexity index is 654. The van der Waals surface area contributed by atoms with Crippen molar-refractivity contribution >= 4 is 0 Å². The molecule has 0 amide bonds. The van der Waals surface area contributed by atoms with Gasteiger partial charge in [0.2, 0.25) is 5.89 Å². The Hall–Kier alpha value is -1.79. The molecule has 0 bridgehead atoms. The predicted octanol–water partition coefficient (Wildman–Crippen LogP) is 2.39. The van der Waals surface area contributed by atoms with Gasteiger partial charge < -0.3 is 9.63 Å². The first-order valence-electron chi connectivity index (χ1n) is 7.69. The number of hydrogen-bond donors (Lipinski definition) is 1. The van der Waals surface area contributed by atoms with Crippen LogP contribution in [0.25, 0.3) is 0 Å². The summed E-state index contributed by atoms with van der Waals surface area (Å²) in [6.45, 7) is 1.07. The van der Waals surface area contributed by atoms with Gasteiger partial charge in [0.05, 0.1) is 12.6 Å². The van der Waals surface area contributed by atoms with Crippen LogP contribution in [0.15, 0.2) is 28.8 Å². The second-order valence-corrected chi connectivity index (χ2v) is 6.21. The van der Waals surface area contributed by atoms with Crippen LogP contribution in [-0.2, 0) is 6.54 Å². The monoisotopic (exact) mass is 303 g/mol. The fraction of sp³-hybridized carbons (Fsp3) is 0.500. The number of hydrogen-bond acceptors (Lipinski definition) is 5. The van der Waals surface area contributed by atoms with Crippen molar-refractivity contribution in [1.29, 1.82) is 0 Å². The molecule has 2 aliphatic rings. The van der Waals surface area contributed by atoms with Gasteiger partial charge in [-0.15, -0.1) is 0 Å². The summed E-state index contributed by atoms with van der Waals surface area (Å²) >= 11 is 0. The van der Waals surface area contributed by atoms with Crippen LogP contribution < -0.4 is 0 Å². The SMILES string of the molecule is O[C@@H]1C[C@H](c2ccc(F)cc2)N(Cc2nc(C3CC3)no2)C1. The van der Waals surface area contributed by atoms with Crippen LogP contribution in [0.3, 0.4) is 0 Å². The highest BCUT2D eigenvalue weighted by Crippen LogP contribution is 2.38. The van der Waals surface area contributed by atoms with Crippen molar-refractivity contribution in [3.05, 3.63) is 47.4 Å². The lowest BCUT2D eigenvalue weighted by Gasteiger charge is -2.22. The van der Waals surface area contributed by atoms with Gasteiger partial charge in [-0.3, -0.25) is 4.90 Å². The Morgan fingerprint density at radius 3 is 2.77 bits per heavy atom. The second-order valence-electron chi connectivity index (χ2n) is 6.21. The van der Waals surface area contributed by atoms with Gasteiger partial charge >= 0.3 is 0 Å². The van der Waals surface area contributed by atoms with E-state index in [0.29, 0.717) is 31.3 Å². The molecule has 4 rings (SSSR count). The van der Waals surface area contributed by atoms with Crippen molar-refractivity contribution < 1.29 is 14.0 Å². The number of likely N-dealkylation sites (tertiary alicyclic amines) is 1. The second kappa shape index (κ2) is 5.44. The van der Waals surface area contributed by atoms with E-state index < -0.39 is 0 Å². The number of halogens is 1. The summed E-state index contributed by atoms with van der Waals surface area (Å²) in [6, 6.07) is 6.50. The molecule has 116 valence electrons. The van der Waals surface area contributed by atoms with Gasteiger partial charge in [0.1, 0.15) is 5.82 Å². The first-order valence-corrected chi connectivity index (χ1v) is 7.69. The van der Waals surface area contributed by atoms with Crippen LogP contribution in [0.4, 0.5) is 4.39 Å². The zero-order valence-corrected chi connectivity index (χ0v) is 12.2. The van der Waals surface area contributed by atoms with Gasteiger partial charge in [-0.05, 0) is 37.0 Å². The summed E-state index contributed by atoms with van der Waals surface area (Å²) in [5.41, 5.74) is 1.000. The molecular weight excluding hydrogens is 285 g/mol. The van der Waals surface area contributed by atoms with E-state index in [4.69, 9.17) is 4.52 Å². The highest BCUT2D eigenvalue weighted by molar-refractivity contribution is 5.21. The molecule has 2 fully saturated rings. The highest BCUT2D eigenvalue weighted by atomic mass is 19.1. The first kappa shape index (κ1) is 13.8. The molecule has 1 aliphatic carbocycles. The number of aliphatic hydroxyl groups is 1. The van der Waals surface area contributed by atoms with Gasteiger partial charge in [0.25, 0.3) is 0 Å². The highest BCUT2D eigenvalue weighted by Gasteiger charge is 2.34. The van der Waals surface area contributed by atoms with Crippen molar-refractivity contribution in [2.24, 2.45) is 0 Å². The van der Waals surface area contributed by atoms with Gasteiger partial charge in [0.15, 0.2) is 5.82 Å². The van der Waals surface area contributed by atoms with E-state index in [0.717, 1.165) is 24.2 Å². The Morgan fingerprint density at radius 2 is 2.05 bits per heavy atom. The zero-order valence-electron chi connectivity index (χ0n) is 12.2. The Balaban J connectivity index is 1.51. The summed E-state index contributed by atoms with van der Waals surface area (Å²) in [4.78, 5) is 6.56. The maximum atomic E-state index is 13.1. The Labute approximate surface area is 127 Å². The number of β-amino-alcohol motifs (C(OH)–C–C–N with tert-alkyl or cyclic N) is 1. The lowest BCUT2D eigenvalue weighted by Crippen LogP contribution is -2.24. The van der Waals surface area contributed by atoms with E-state index in [1.165, 1.54) is 12.1 Å². The minimum atomic E-state index is -0.388. The average Bonchev–Trinajstić information content (AvgIpc) is 3.15. The van der Waals surface area contributed by atoms with Gasteiger partial charge in [-0.2, -0.15) is 4.98 Å². The van der Waals surface area contributed by atoms with Crippen LogP contribution in [0, 0.1) is 5.82 Å². The van der Waals surface area contributed by atoms with Crippen LogP contribution in [-0.4, -0.2) is 32.8 Å². The van der Waals surface area contributed by atoms with E-state index >= 15 is 0 Å². The number of aromatic nitrogens is 2. The Morgan fingerprint density at radius 1 is 1.27 bits per heavy atom. The molecule has 1 aliphatic heterocycles. The van der Waals surface area contributed by atoms with E-state index in [1.807, 2.05) is 0 Å². The average molecular weight is 303 g/mol. The summed E-state index contributed by atoms with van der Waals surface area (Å²) < 4.78 is 18.4. The van der Waals surface area contributed by atoms with E-state index in [1.54, 1.807) is 12.1 Å². The minimum Gasteiger partial charge on any atom is -0.392 e. The molecule has 0 spiro atoms. The van der Waals surface area contributed by atoms with E-state index in [2.05, 4.69) is 15.0 Å². The number of nitrogens with zero attached hydrogens (tertiary/aromatic N) is 3. The first-order chi connectivity index (χ1) is 10.7. The molecule has 1 aromatic carbocycles. The molecule has 1 saturated carbocycles. The van der Waals surface area contributed by atoms with Crippen molar-refractivity contribution in [3.8, 4) is 0 Å². The summed E-state index contributed by atoms with van der Waals surface area (Å²) in [5, 5.41) is 14.0. The number of rotatable bonds is 4. The molecule has 6 heteroatoms. The lowest BCUT2D eigenvalue weighted by molar-refractivity contribution is 0.164. The molecule has 2 atom stereocenters. The fourth-order valence-corrected chi connectivity index (χ4v) is 3.10. The fourth-order valence-electron chi connectivity index (χ4n) is 3.10. The quantitative estimate of drug-likeness (QED) is 0.939. The summed E-state index contributed by atoms with van der Waals surface area (Å²) in [7, 11) is 0.